The fourth-order valence-corrected chi connectivity index (χ4v) is 2.87. The summed E-state index contributed by atoms with van der Waals surface area (Å²) in [4.78, 5) is 24.5. The van der Waals surface area contributed by atoms with Crippen LogP contribution < -0.4 is 10.9 Å². The molecule has 0 atom stereocenters. The first-order chi connectivity index (χ1) is 14.9. The first kappa shape index (κ1) is 22.8. The van der Waals surface area contributed by atoms with E-state index < -0.39 is 46.7 Å². The molecule has 0 saturated heterocycles. The maximum atomic E-state index is 13.7. The second kappa shape index (κ2) is 8.36. The molecule has 3 rings (SSSR count). The number of hydrazine groups is 1. The predicted octanol–water partition coefficient (Wildman–Crippen LogP) is 4.29. The van der Waals surface area contributed by atoms with E-state index >= 15 is 0 Å². The minimum absolute atomic E-state index is 0.184. The van der Waals surface area contributed by atoms with Crippen molar-refractivity contribution in [2.75, 3.05) is 0 Å². The monoisotopic (exact) mass is 456 g/mol. The van der Waals surface area contributed by atoms with Crippen LogP contribution in [-0.4, -0.2) is 21.6 Å². The van der Waals surface area contributed by atoms with Gasteiger partial charge in [0.1, 0.15) is 0 Å². The van der Waals surface area contributed by atoms with Crippen LogP contribution in [0.4, 0.5) is 26.3 Å². The summed E-state index contributed by atoms with van der Waals surface area (Å²) in [6.45, 7) is 1.62. The van der Waals surface area contributed by atoms with Gasteiger partial charge in [0, 0.05) is 5.56 Å². The zero-order valence-electron chi connectivity index (χ0n) is 16.2. The van der Waals surface area contributed by atoms with Gasteiger partial charge in [-0.25, -0.2) is 4.68 Å². The van der Waals surface area contributed by atoms with Crippen molar-refractivity contribution in [1.29, 1.82) is 0 Å². The number of nitrogens with zero attached hydrogens (tertiary/aromatic N) is 2. The van der Waals surface area contributed by atoms with Crippen LogP contribution >= 0.6 is 0 Å². The molecule has 0 saturated carbocycles. The van der Waals surface area contributed by atoms with Crippen molar-refractivity contribution < 1.29 is 35.9 Å². The third-order valence-electron chi connectivity index (χ3n) is 4.38. The van der Waals surface area contributed by atoms with Gasteiger partial charge in [0.05, 0.1) is 23.0 Å². The minimum atomic E-state index is -5.14. The summed E-state index contributed by atoms with van der Waals surface area (Å²) in [7, 11) is 0. The van der Waals surface area contributed by atoms with Crippen LogP contribution in [-0.2, 0) is 12.4 Å². The van der Waals surface area contributed by atoms with Crippen LogP contribution in [0.3, 0.4) is 0 Å². The summed E-state index contributed by atoms with van der Waals surface area (Å²) in [5.41, 5.74) is 0.300. The number of aryl methyl sites for hydroxylation is 1. The van der Waals surface area contributed by atoms with Gasteiger partial charge in [0.15, 0.2) is 5.69 Å². The van der Waals surface area contributed by atoms with Crippen LogP contribution in [0.2, 0.25) is 0 Å². The van der Waals surface area contributed by atoms with Crippen LogP contribution in [0.25, 0.3) is 5.69 Å². The van der Waals surface area contributed by atoms with Crippen molar-refractivity contribution in [3.05, 3.63) is 82.7 Å². The number of carbonyl (C=O) groups is 2. The average molecular weight is 456 g/mol. The quantitative estimate of drug-likeness (QED) is 0.456. The van der Waals surface area contributed by atoms with Gasteiger partial charge in [-0.2, -0.15) is 31.4 Å². The molecule has 0 aliphatic rings. The Balaban J connectivity index is 1.92. The van der Waals surface area contributed by atoms with E-state index in [0.717, 1.165) is 12.1 Å². The number of rotatable bonds is 3. The van der Waals surface area contributed by atoms with Gasteiger partial charge in [-0.1, -0.05) is 24.3 Å². The Bertz CT molecular complexity index is 1170. The fraction of sp³-hybridized carbons (Fsp3) is 0.150. The van der Waals surface area contributed by atoms with E-state index in [9.17, 15) is 35.9 Å². The summed E-state index contributed by atoms with van der Waals surface area (Å²) in [6, 6.07) is 9.37. The van der Waals surface area contributed by atoms with E-state index in [1.54, 1.807) is 25.1 Å². The highest BCUT2D eigenvalue weighted by molar-refractivity contribution is 6.00. The van der Waals surface area contributed by atoms with Crippen molar-refractivity contribution in [3.63, 3.8) is 0 Å². The first-order valence-electron chi connectivity index (χ1n) is 8.88. The molecule has 6 nitrogen and oxygen atoms in total. The molecule has 1 aromatic heterocycles. The van der Waals surface area contributed by atoms with Crippen LogP contribution in [0.1, 0.15) is 37.5 Å². The van der Waals surface area contributed by atoms with Gasteiger partial charge >= 0.3 is 12.4 Å². The van der Waals surface area contributed by atoms with Gasteiger partial charge in [0.25, 0.3) is 11.8 Å². The number of aromatic nitrogens is 2. The molecule has 0 bridgehead atoms. The summed E-state index contributed by atoms with van der Waals surface area (Å²) in [5.74, 6) is -2.12. The second-order valence-electron chi connectivity index (χ2n) is 6.59. The van der Waals surface area contributed by atoms with Crippen molar-refractivity contribution >= 4 is 11.8 Å². The van der Waals surface area contributed by atoms with Crippen molar-refractivity contribution in [2.24, 2.45) is 0 Å². The maximum Gasteiger partial charge on any atom is 0.434 e. The molecular weight excluding hydrogens is 442 g/mol. The Morgan fingerprint density at radius 3 is 2.06 bits per heavy atom. The largest absolute Gasteiger partial charge is 0.434 e. The topological polar surface area (TPSA) is 76.0 Å². The van der Waals surface area contributed by atoms with E-state index in [4.69, 9.17) is 0 Å². The smallest absolute Gasteiger partial charge is 0.267 e. The molecule has 2 amide bonds. The van der Waals surface area contributed by atoms with Crippen LogP contribution in [0, 0.1) is 6.92 Å². The number of amides is 2. The Morgan fingerprint density at radius 2 is 1.47 bits per heavy atom. The van der Waals surface area contributed by atoms with Gasteiger partial charge in [0.2, 0.25) is 0 Å². The van der Waals surface area contributed by atoms with Crippen LogP contribution in [0.5, 0.6) is 0 Å². The highest BCUT2D eigenvalue weighted by atomic mass is 19.4. The van der Waals surface area contributed by atoms with E-state index in [0.29, 0.717) is 23.9 Å². The Labute approximate surface area is 176 Å². The van der Waals surface area contributed by atoms with Crippen molar-refractivity contribution in [3.8, 4) is 5.69 Å². The molecule has 3 aromatic rings. The molecule has 0 aliphatic carbocycles. The van der Waals surface area contributed by atoms with Gasteiger partial charge in [-0.3, -0.25) is 20.4 Å². The zero-order valence-corrected chi connectivity index (χ0v) is 16.2. The molecular formula is C20H14F6N4O2. The Hall–Kier alpha value is -3.83. The lowest BCUT2D eigenvalue weighted by Gasteiger charge is -2.14. The third kappa shape index (κ3) is 4.74. The first-order valence-corrected chi connectivity index (χ1v) is 8.88. The molecule has 0 spiro atoms. The number of hydrogen-bond acceptors (Lipinski definition) is 3. The van der Waals surface area contributed by atoms with Gasteiger partial charge in [-0.05, 0) is 36.8 Å². The number of carbonyl (C=O) groups excluding carboxylic acids is 2. The molecule has 0 radical (unpaired) electrons. The third-order valence-corrected chi connectivity index (χ3v) is 4.38. The molecule has 2 N–H and O–H groups in total. The SMILES string of the molecule is Cc1ccccc1C(=O)NNC(=O)c1cnn(-c2cccc(C(F)(F)F)c2)c1C(F)(F)F. The molecule has 12 heteroatoms. The molecule has 0 aliphatic heterocycles. The summed E-state index contributed by atoms with van der Waals surface area (Å²) in [5, 5.41) is 3.45. The second-order valence-corrected chi connectivity index (χ2v) is 6.59. The molecule has 32 heavy (non-hydrogen) atoms. The predicted molar refractivity (Wildman–Crippen MR) is 99.7 cm³/mol. The lowest BCUT2D eigenvalue weighted by Crippen LogP contribution is -2.42. The fourth-order valence-electron chi connectivity index (χ4n) is 2.87. The standard InChI is InChI=1S/C20H14F6N4O2/c1-11-5-2-3-8-14(11)17(31)28-29-18(32)15-10-27-30(16(15)20(24,25)26)13-7-4-6-12(9-13)19(21,22)23/h2-10H,1H3,(H,28,31)(H,29,32). The number of benzene rings is 2. The van der Waals surface area contributed by atoms with Crippen LogP contribution in [0.15, 0.2) is 54.7 Å². The highest BCUT2D eigenvalue weighted by Gasteiger charge is 2.41. The summed E-state index contributed by atoms with van der Waals surface area (Å²) >= 11 is 0. The van der Waals surface area contributed by atoms with E-state index in [-0.39, 0.29) is 10.2 Å². The maximum absolute atomic E-state index is 13.7. The van der Waals surface area contributed by atoms with Gasteiger partial charge < -0.3 is 0 Å². The molecule has 1 heterocycles. The average Bonchev–Trinajstić information content (AvgIpc) is 3.17. The van der Waals surface area contributed by atoms with E-state index in [2.05, 4.69) is 5.10 Å². The number of hydrogen-bond donors (Lipinski definition) is 2. The number of halogens is 6. The lowest BCUT2D eigenvalue weighted by molar-refractivity contribution is -0.143. The normalized spacial score (nSPS) is 11.8. The van der Waals surface area contributed by atoms with E-state index in [1.165, 1.54) is 6.07 Å². The Morgan fingerprint density at radius 1 is 0.844 bits per heavy atom. The zero-order chi connectivity index (χ0) is 23.7. The Kier molecular flexibility index (Phi) is 5.97. The van der Waals surface area contributed by atoms with Crippen molar-refractivity contribution in [1.82, 2.24) is 20.6 Å². The number of nitrogens with one attached hydrogen (secondary N) is 2. The number of alkyl halides is 6. The van der Waals surface area contributed by atoms with Crippen molar-refractivity contribution in [2.45, 2.75) is 19.3 Å². The minimum Gasteiger partial charge on any atom is -0.267 e. The summed E-state index contributed by atoms with van der Waals surface area (Å²) in [6.07, 6.45) is -9.38. The highest BCUT2D eigenvalue weighted by Crippen LogP contribution is 2.35. The molecule has 0 fully saturated rings. The lowest BCUT2D eigenvalue weighted by atomic mass is 10.1. The molecule has 0 unspecified atom stereocenters. The van der Waals surface area contributed by atoms with E-state index in [1.807, 2.05) is 10.9 Å². The van der Waals surface area contributed by atoms with Gasteiger partial charge in [-0.15, -0.1) is 0 Å². The molecule has 168 valence electrons. The molecule has 2 aromatic carbocycles. The summed E-state index contributed by atoms with van der Waals surface area (Å²) < 4.78 is 80.1.